The van der Waals surface area contributed by atoms with Gasteiger partial charge >= 0.3 is 5.97 Å². The Bertz CT molecular complexity index is 1420. The first-order chi connectivity index (χ1) is 20.5. The zero-order chi connectivity index (χ0) is 31.4. The third kappa shape index (κ3) is 10.7. The molecule has 13 heteroatoms. The van der Waals surface area contributed by atoms with Crippen LogP contribution in [-0.4, -0.2) is 46.4 Å². The van der Waals surface area contributed by atoms with Crippen LogP contribution in [0.25, 0.3) is 0 Å². The maximum Gasteiger partial charge on any atom is 0.326 e. The Balaban J connectivity index is 1.64. The first-order valence-electron chi connectivity index (χ1n) is 14.0. The monoisotopic (exact) mass is 590 g/mol. The topological polar surface area (TPSA) is 208 Å². The molecule has 0 unspecified atom stereocenters. The Morgan fingerprint density at radius 2 is 1.67 bits per heavy atom. The van der Waals surface area contributed by atoms with Gasteiger partial charge in [0, 0.05) is 6.54 Å². The van der Waals surface area contributed by atoms with Crippen molar-refractivity contribution in [3.05, 3.63) is 77.5 Å². The fraction of sp³-hybridized carbons (Fsp3) is 0.367. The van der Waals surface area contributed by atoms with Gasteiger partial charge in [-0.2, -0.15) is 10.2 Å². The van der Waals surface area contributed by atoms with Crippen LogP contribution in [0.5, 0.6) is 0 Å². The fourth-order valence-electron chi connectivity index (χ4n) is 4.20. The van der Waals surface area contributed by atoms with Gasteiger partial charge in [-0.25, -0.2) is 9.78 Å². The number of nitrogens with two attached hydrogens (primary N) is 1. The molecule has 13 nitrogen and oxygen atoms in total. The third-order valence-electron chi connectivity index (χ3n) is 6.30. The maximum atomic E-state index is 13.0. The number of hydrogen-bond donors (Lipinski definition) is 6. The van der Waals surface area contributed by atoms with E-state index in [9.17, 15) is 19.5 Å². The van der Waals surface area contributed by atoms with Gasteiger partial charge in [-0.3, -0.25) is 15.0 Å². The number of guanidine groups is 1. The zero-order valence-corrected chi connectivity index (χ0v) is 24.5. The lowest BCUT2D eigenvalue weighted by Gasteiger charge is -2.18. The highest BCUT2D eigenvalue weighted by atomic mass is 16.4. The smallest absolute Gasteiger partial charge is 0.326 e. The summed E-state index contributed by atoms with van der Waals surface area (Å²) >= 11 is 0. The second-order valence-corrected chi connectivity index (χ2v) is 10.4. The van der Waals surface area contributed by atoms with Gasteiger partial charge in [-0.15, -0.1) is 0 Å². The van der Waals surface area contributed by atoms with Gasteiger partial charge in [0.2, 0.25) is 11.8 Å². The molecule has 0 radical (unpaired) electrons. The lowest BCUT2D eigenvalue weighted by molar-refractivity contribution is -0.139. The van der Waals surface area contributed by atoms with Crippen LogP contribution in [0.1, 0.15) is 66.9 Å². The van der Waals surface area contributed by atoms with Gasteiger partial charge in [-0.1, -0.05) is 44.2 Å². The van der Waals surface area contributed by atoms with E-state index in [-0.39, 0.29) is 48.0 Å². The molecule has 1 aromatic heterocycles. The van der Waals surface area contributed by atoms with Crippen molar-refractivity contribution in [2.45, 2.75) is 58.5 Å². The number of carboxylic acids is 1. The van der Waals surface area contributed by atoms with Crippen LogP contribution in [-0.2, 0) is 16.0 Å². The molecule has 2 amide bonds. The number of aromatic nitrogens is 1. The van der Waals surface area contributed by atoms with Crippen molar-refractivity contribution in [1.82, 2.24) is 20.9 Å². The van der Waals surface area contributed by atoms with E-state index < -0.39 is 24.0 Å². The maximum absolute atomic E-state index is 13.0. The van der Waals surface area contributed by atoms with E-state index in [1.807, 2.05) is 56.3 Å². The predicted octanol–water partition coefficient (Wildman–Crippen LogP) is 4.29. The summed E-state index contributed by atoms with van der Waals surface area (Å²) in [6, 6.07) is 14.8. The summed E-state index contributed by atoms with van der Waals surface area (Å²) in [6.07, 6.45) is 1.10. The van der Waals surface area contributed by atoms with E-state index in [1.165, 1.54) is 0 Å². The van der Waals surface area contributed by atoms with Gasteiger partial charge in [0.15, 0.2) is 11.7 Å². The average molecular weight is 591 g/mol. The van der Waals surface area contributed by atoms with Crippen molar-refractivity contribution in [3.8, 4) is 0 Å². The van der Waals surface area contributed by atoms with Crippen LogP contribution < -0.4 is 21.7 Å². The third-order valence-corrected chi connectivity index (χ3v) is 6.30. The van der Waals surface area contributed by atoms with Crippen molar-refractivity contribution in [2.24, 2.45) is 21.9 Å². The Morgan fingerprint density at radius 3 is 2.28 bits per heavy atom. The van der Waals surface area contributed by atoms with E-state index in [0.717, 1.165) is 11.3 Å². The van der Waals surface area contributed by atoms with Gasteiger partial charge in [-0.05, 0) is 61.9 Å². The minimum Gasteiger partial charge on any atom is -0.480 e. The summed E-state index contributed by atoms with van der Waals surface area (Å²) in [6.45, 7) is 5.83. The van der Waals surface area contributed by atoms with Crippen LogP contribution in [0.15, 0.2) is 69.2 Å². The fourth-order valence-corrected chi connectivity index (χ4v) is 4.20. The molecule has 3 aromatic rings. The molecular formula is C30H38N8O5. The molecule has 0 saturated carbocycles. The molecule has 0 aliphatic heterocycles. The number of hydrogen-bond acceptors (Lipinski definition) is 8. The Morgan fingerprint density at radius 1 is 1.02 bits per heavy atom. The van der Waals surface area contributed by atoms with E-state index >= 15 is 0 Å². The van der Waals surface area contributed by atoms with Gasteiger partial charge < -0.3 is 31.2 Å². The number of amides is 2. The lowest BCUT2D eigenvalue weighted by Crippen LogP contribution is -2.42. The molecule has 0 spiro atoms. The van der Waals surface area contributed by atoms with Crippen molar-refractivity contribution in [1.29, 1.82) is 5.41 Å². The van der Waals surface area contributed by atoms with E-state index in [4.69, 9.17) is 15.6 Å². The molecule has 2 aromatic carbocycles. The summed E-state index contributed by atoms with van der Waals surface area (Å²) in [4.78, 5) is 42.0. The molecule has 43 heavy (non-hydrogen) atoms. The summed E-state index contributed by atoms with van der Waals surface area (Å²) < 4.78 is 5.79. The molecule has 228 valence electrons. The van der Waals surface area contributed by atoms with Crippen LogP contribution in [0.4, 0.5) is 11.4 Å². The van der Waals surface area contributed by atoms with Gasteiger partial charge in [0.05, 0.1) is 17.8 Å². The minimum atomic E-state index is -1.20. The Hall–Kier alpha value is -5.07. The number of carboxylic acid groups (broad SMARTS) is 1. The SMILES string of the molecule is Cc1oc([C@H](CC(C)C)NC(=O)Cc2ccc(/N=N/c3ccccc3)cc2)nc1C(=O)N[C@@H](CCCNC(=N)N)C(=O)O. The molecule has 7 N–H and O–H groups in total. The normalized spacial score (nSPS) is 12.6. The average Bonchev–Trinajstić information content (AvgIpc) is 3.35. The van der Waals surface area contributed by atoms with Crippen LogP contribution in [0.3, 0.4) is 0 Å². The highest BCUT2D eigenvalue weighted by molar-refractivity contribution is 5.95. The van der Waals surface area contributed by atoms with Crippen LogP contribution in [0, 0.1) is 18.3 Å². The van der Waals surface area contributed by atoms with Gasteiger partial charge in [0.25, 0.3) is 5.91 Å². The molecule has 0 aliphatic rings. The van der Waals surface area contributed by atoms with Crippen LogP contribution in [0.2, 0.25) is 0 Å². The molecule has 2 atom stereocenters. The number of aliphatic carboxylic acids is 1. The number of carbonyl (C=O) groups excluding carboxylic acids is 2. The Kier molecular flexibility index (Phi) is 11.9. The minimum absolute atomic E-state index is 0.0497. The van der Waals surface area contributed by atoms with Crippen molar-refractivity contribution in [2.75, 3.05) is 6.54 Å². The predicted molar refractivity (Wildman–Crippen MR) is 160 cm³/mol. The largest absolute Gasteiger partial charge is 0.480 e. The summed E-state index contributed by atoms with van der Waals surface area (Å²) in [7, 11) is 0. The Labute approximate surface area is 249 Å². The number of nitrogens with zero attached hydrogens (tertiary/aromatic N) is 3. The van der Waals surface area contributed by atoms with E-state index in [2.05, 4.69) is 31.2 Å². The van der Waals surface area contributed by atoms with E-state index in [0.29, 0.717) is 25.1 Å². The number of carbonyl (C=O) groups is 3. The number of nitrogens with one attached hydrogen (secondary N) is 4. The second kappa shape index (κ2) is 15.8. The van der Waals surface area contributed by atoms with Crippen molar-refractivity contribution < 1.29 is 23.9 Å². The van der Waals surface area contributed by atoms with Crippen molar-refractivity contribution in [3.63, 3.8) is 0 Å². The highest BCUT2D eigenvalue weighted by Gasteiger charge is 2.28. The zero-order valence-electron chi connectivity index (χ0n) is 24.5. The first kappa shape index (κ1) is 32.4. The number of aryl methyl sites for hydroxylation is 1. The quantitative estimate of drug-likeness (QED) is 0.0649. The summed E-state index contributed by atoms with van der Waals surface area (Å²) in [5, 5.41) is 33.2. The molecular weight excluding hydrogens is 552 g/mol. The number of benzene rings is 2. The summed E-state index contributed by atoms with van der Waals surface area (Å²) in [5.41, 5.74) is 7.36. The first-order valence-corrected chi connectivity index (χ1v) is 14.0. The molecule has 0 saturated heterocycles. The lowest BCUT2D eigenvalue weighted by atomic mass is 10.0. The highest BCUT2D eigenvalue weighted by Crippen LogP contribution is 2.24. The molecule has 0 bridgehead atoms. The summed E-state index contributed by atoms with van der Waals surface area (Å²) in [5.74, 6) is -1.82. The van der Waals surface area contributed by atoms with Crippen molar-refractivity contribution >= 4 is 35.1 Å². The molecule has 0 aliphatic carbocycles. The molecule has 1 heterocycles. The van der Waals surface area contributed by atoms with E-state index in [1.54, 1.807) is 19.1 Å². The second-order valence-electron chi connectivity index (χ2n) is 10.4. The van der Waals surface area contributed by atoms with Gasteiger partial charge in [0.1, 0.15) is 17.8 Å². The molecule has 0 fully saturated rings. The number of azo groups is 1. The standard InChI is InChI=1S/C30H38N8O5/c1-18(2)16-24(34-25(39)17-20-11-13-22(14-12-20)38-37-21-8-5-4-6-9-21)28-36-26(19(3)43-28)27(40)35-23(29(41)42)10-7-15-33-30(31)32/h4-6,8-9,11-14,18,23-24H,7,10,15-17H2,1-3H3,(H,34,39)(H,35,40)(H,41,42)(H4,31,32,33)/b38-37+/t23-,24-/m0/s1. The molecule has 3 rings (SSSR count). The van der Waals surface area contributed by atoms with Crippen LogP contribution >= 0.6 is 0 Å². The number of oxazole rings is 1. The number of rotatable bonds is 15.